The topological polar surface area (TPSA) is 65.0 Å². The summed E-state index contributed by atoms with van der Waals surface area (Å²) in [4.78, 5) is 11.7. The van der Waals surface area contributed by atoms with E-state index in [4.69, 9.17) is 14.2 Å². The number of fused-ring (bicyclic) bond motifs is 1. The van der Waals surface area contributed by atoms with Crippen LogP contribution in [0.1, 0.15) is 17.2 Å². The third kappa shape index (κ3) is 3.62. The number of para-hydroxylation sites is 2. The van der Waals surface area contributed by atoms with Crippen molar-refractivity contribution in [3.05, 3.63) is 89.7 Å². The van der Waals surface area contributed by atoms with Gasteiger partial charge in [-0.3, -0.25) is 0 Å². The number of aliphatic carboxylic acids is 1. The predicted octanol–water partition coefficient (Wildman–Crippen LogP) is 4.37. The Morgan fingerprint density at radius 2 is 1.68 bits per heavy atom. The number of carboxylic acids is 1. The lowest BCUT2D eigenvalue weighted by molar-refractivity contribution is -0.151. The van der Waals surface area contributed by atoms with Crippen molar-refractivity contribution in [2.45, 2.75) is 18.8 Å². The zero-order valence-electron chi connectivity index (χ0n) is 14.7. The standard InChI is InChI=1S/C22H17FO5/c23-17-9-2-1-6-15(17)13-26-16-8-5-7-14(12-16)20-21(22(24)25)28-19-11-4-3-10-18(19)27-20/h1-12,20-21H,13H2,(H,24,25). The van der Waals surface area contributed by atoms with Crippen LogP contribution in [-0.2, 0) is 11.4 Å². The maximum absolute atomic E-state index is 13.8. The zero-order chi connectivity index (χ0) is 19.5. The van der Waals surface area contributed by atoms with E-state index in [0.29, 0.717) is 28.4 Å². The number of rotatable bonds is 5. The van der Waals surface area contributed by atoms with Crippen LogP contribution in [0, 0.1) is 5.82 Å². The molecule has 2 unspecified atom stereocenters. The van der Waals surface area contributed by atoms with Gasteiger partial charge in [-0.1, -0.05) is 42.5 Å². The van der Waals surface area contributed by atoms with Crippen molar-refractivity contribution in [2.75, 3.05) is 0 Å². The molecule has 1 N–H and O–H groups in total. The maximum atomic E-state index is 13.8. The number of carbonyl (C=O) groups is 1. The molecule has 0 saturated carbocycles. The summed E-state index contributed by atoms with van der Waals surface area (Å²) in [7, 11) is 0. The van der Waals surface area contributed by atoms with Crippen molar-refractivity contribution in [3.63, 3.8) is 0 Å². The first-order chi connectivity index (χ1) is 13.6. The quantitative estimate of drug-likeness (QED) is 0.712. The van der Waals surface area contributed by atoms with Gasteiger partial charge in [0.05, 0.1) is 0 Å². The highest BCUT2D eigenvalue weighted by Crippen LogP contribution is 2.40. The van der Waals surface area contributed by atoms with Gasteiger partial charge in [0.2, 0.25) is 6.10 Å². The number of carboxylic acid groups (broad SMARTS) is 1. The Kier molecular flexibility index (Phi) is 4.85. The lowest BCUT2D eigenvalue weighted by atomic mass is 10.0. The molecule has 3 aromatic rings. The Balaban J connectivity index is 1.57. The van der Waals surface area contributed by atoms with Gasteiger partial charge in [-0.25, -0.2) is 9.18 Å². The summed E-state index contributed by atoms with van der Waals surface area (Å²) < 4.78 is 31.0. The first kappa shape index (κ1) is 17.9. The van der Waals surface area contributed by atoms with Crippen molar-refractivity contribution in [1.82, 2.24) is 0 Å². The fourth-order valence-electron chi connectivity index (χ4n) is 3.02. The summed E-state index contributed by atoms with van der Waals surface area (Å²) in [6.07, 6.45) is -2.04. The monoisotopic (exact) mass is 380 g/mol. The fourth-order valence-corrected chi connectivity index (χ4v) is 3.02. The minimum atomic E-state index is -1.20. The predicted molar refractivity (Wildman–Crippen MR) is 99.0 cm³/mol. The van der Waals surface area contributed by atoms with Crippen molar-refractivity contribution >= 4 is 5.97 Å². The van der Waals surface area contributed by atoms with Gasteiger partial charge in [0.25, 0.3) is 0 Å². The van der Waals surface area contributed by atoms with Crippen LogP contribution >= 0.6 is 0 Å². The van der Waals surface area contributed by atoms with Gasteiger partial charge in [0.1, 0.15) is 18.2 Å². The highest BCUT2D eigenvalue weighted by molar-refractivity contribution is 5.75. The van der Waals surface area contributed by atoms with E-state index in [1.54, 1.807) is 66.7 Å². The minimum absolute atomic E-state index is 0.0589. The minimum Gasteiger partial charge on any atom is -0.489 e. The van der Waals surface area contributed by atoms with Gasteiger partial charge >= 0.3 is 5.97 Å². The molecule has 28 heavy (non-hydrogen) atoms. The summed E-state index contributed by atoms with van der Waals surface area (Å²) in [6, 6.07) is 20.2. The number of ether oxygens (including phenoxy) is 3. The summed E-state index contributed by atoms with van der Waals surface area (Å²) in [5.41, 5.74) is 1.02. The lowest BCUT2D eigenvalue weighted by Gasteiger charge is -2.32. The van der Waals surface area contributed by atoms with Crippen molar-refractivity contribution in [3.8, 4) is 17.2 Å². The molecule has 1 aliphatic rings. The third-order valence-electron chi connectivity index (χ3n) is 4.41. The molecule has 1 aliphatic heterocycles. The summed E-state index contributed by atoms with van der Waals surface area (Å²) in [5.74, 6) is -0.129. The van der Waals surface area contributed by atoms with Gasteiger partial charge in [0, 0.05) is 11.1 Å². The van der Waals surface area contributed by atoms with Crippen LogP contribution in [0.3, 0.4) is 0 Å². The number of hydrogen-bond acceptors (Lipinski definition) is 4. The van der Waals surface area contributed by atoms with E-state index in [9.17, 15) is 14.3 Å². The molecule has 1 heterocycles. The molecule has 4 rings (SSSR count). The molecule has 0 fully saturated rings. The second kappa shape index (κ2) is 7.60. The van der Waals surface area contributed by atoms with E-state index in [2.05, 4.69) is 0 Å². The molecule has 0 spiro atoms. The lowest BCUT2D eigenvalue weighted by Crippen LogP contribution is -2.39. The first-order valence-electron chi connectivity index (χ1n) is 8.73. The first-order valence-corrected chi connectivity index (χ1v) is 8.73. The average Bonchev–Trinajstić information content (AvgIpc) is 2.72. The summed E-state index contributed by atoms with van der Waals surface area (Å²) in [6.45, 7) is 0.0589. The van der Waals surface area contributed by atoms with Gasteiger partial charge < -0.3 is 19.3 Å². The van der Waals surface area contributed by atoms with Gasteiger partial charge in [-0.15, -0.1) is 0 Å². The Morgan fingerprint density at radius 1 is 0.964 bits per heavy atom. The molecule has 6 heteroatoms. The molecule has 0 amide bonds. The van der Waals surface area contributed by atoms with E-state index < -0.39 is 18.2 Å². The summed E-state index contributed by atoms with van der Waals surface area (Å²) >= 11 is 0. The van der Waals surface area contributed by atoms with Crippen LogP contribution in [0.25, 0.3) is 0 Å². The molecule has 142 valence electrons. The fraction of sp³-hybridized carbons (Fsp3) is 0.136. The molecular weight excluding hydrogens is 363 g/mol. The van der Waals surface area contributed by atoms with Crippen LogP contribution in [-0.4, -0.2) is 17.2 Å². The molecule has 0 aromatic heterocycles. The highest BCUT2D eigenvalue weighted by Gasteiger charge is 2.38. The molecule has 5 nitrogen and oxygen atoms in total. The molecule has 0 bridgehead atoms. The largest absolute Gasteiger partial charge is 0.489 e. The Morgan fingerprint density at radius 3 is 2.43 bits per heavy atom. The van der Waals surface area contributed by atoms with E-state index in [-0.39, 0.29) is 12.4 Å². The number of benzene rings is 3. The number of hydrogen-bond donors (Lipinski definition) is 1. The Bertz CT molecular complexity index is 1000. The highest BCUT2D eigenvalue weighted by atomic mass is 19.1. The van der Waals surface area contributed by atoms with Gasteiger partial charge in [0.15, 0.2) is 17.6 Å². The van der Waals surface area contributed by atoms with Crippen molar-refractivity contribution < 1.29 is 28.5 Å². The molecule has 3 aromatic carbocycles. The van der Waals surface area contributed by atoms with Crippen LogP contribution in [0.2, 0.25) is 0 Å². The molecule has 0 saturated heterocycles. The van der Waals surface area contributed by atoms with E-state index >= 15 is 0 Å². The third-order valence-corrected chi connectivity index (χ3v) is 4.41. The van der Waals surface area contributed by atoms with E-state index in [0.717, 1.165) is 0 Å². The second-order valence-corrected chi connectivity index (χ2v) is 6.31. The maximum Gasteiger partial charge on any atom is 0.349 e. The van der Waals surface area contributed by atoms with Crippen LogP contribution < -0.4 is 14.2 Å². The van der Waals surface area contributed by atoms with Crippen LogP contribution in [0.4, 0.5) is 4.39 Å². The van der Waals surface area contributed by atoms with E-state index in [1.165, 1.54) is 6.07 Å². The zero-order valence-corrected chi connectivity index (χ0v) is 14.7. The van der Waals surface area contributed by atoms with Crippen molar-refractivity contribution in [2.24, 2.45) is 0 Å². The molecule has 2 atom stereocenters. The normalized spacial score (nSPS) is 17.8. The average molecular weight is 380 g/mol. The molecule has 0 aliphatic carbocycles. The summed E-state index contributed by atoms with van der Waals surface area (Å²) in [5, 5.41) is 9.57. The van der Waals surface area contributed by atoms with Gasteiger partial charge in [-0.2, -0.15) is 0 Å². The second-order valence-electron chi connectivity index (χ2n) is 6.31. The van der Waals surface area contributed by atoms with E-state index in [1.807, 2.05) is 0 Å². The molecular formula is C22H17FO5. The van der Waals surface area contributed by atoms with Crippen LogP contribution in [0.15, 0.2) is 72.8 Å². The molecule has 0 radical (unpaired) electrons. The van der Waals surface area contributed by atoms with Crippen LogP contribution in [0.5, 0.6) is 17.2 Å². The van der Waals surface area contributed by atoms with Crippen molar-refractivity contribution in [1.29, 1.82) is 0 Å². The SMILES string of the molecule is O=C(O)C1Oc2ccccc2OC1c1cccc(OCc2ccccc2F)c1. The number of halogens is 1. The van der Waals surface area contributed by atoms with Gasteiger partial charge in [-0.05, 0) is 30.3 Å². The Labute approximate surface area is 160 Å². The Hall–Kier alpha value is -3.54. The smallest absolute Gasteiger partial charge is 0.349 e.